The number of fused-ring (bicyclic) bond motifs is 1. The molecule has 0 fully saturated rings. The molecule has 0 amide bonds. The number of ether oxygens (including phenoxy) is 3. The highest BCUT2D eigenvalue weighted by atomic mass is 32.2. The third-order valence-corrected chi connectivity index (χ3v) is 7.51. The molecule has 2 aromatic rings. The van der Waals surface area contributed by atoms with Crippen LogP contribution in [0.1, 0.15) is 61.7 Å². The van der Waals surface area contributed by atoms with Crippen molar-refractivity contribution in [3.8, 4) is 17.2 Å². The molecule has 0 aliphatic carbocycles. The number of Topliss-reactive ketones (excluding diaryl/α,β-unsaturated/α-hetero) is 1. The first-order valence-corrected chi connectivity index (χ1v) is 16.1. The van der Waals surface area contributed by atoms with E-state index in [9.17, 15) is 26.4 Å². The molecule has 0 unspecified atom stereocenters. The van der Waals surface area contributed by atoms with Crippen molar-refractivity contribution in [2.24, 2.45) is 0 Å². The molecule has 0 saturated carbocycles. The number of nitrogens with one attached hydrogen (secondary N) is 2. The molecule has 0 radical (unpaired) electrons. The number of hydrogen-bond acceptors (Lipinski definition) is 9. The molecule has 46 heavy (non-hydrogen) atoms. The van der Waals surface area contributed by atoms with Gasteiger partial charge in [0.2, 0.25) is 0 Å². The Labute approximate surface area is 265 Å². The number of nitrogens with zero attached hydrogens (tertiary/aromatic N) is 1. The van der Waals surface area contributed by atoms with Crippen LogP contribution in [0.4, 0.5) is 23.2 Å². The molecule has 0 spiro atoms. The first-order chi connectivity index (χ1) is 21.2. The summed E-state index contributed by atoms with van der Waals surface area (Å²) in [4.78, 5) is 23.9. The number of sulfone groups is 1. The molecule has 2 aromatic carbocycles. The van der Waals surface area contributed by atoms with Crippen molar-refractivity contribution in [1.29, 1.82) is 5.41 Å². The molecule has 3 N–H and O–H groups in total. The number of carbonyl (C=O) groups excluding carboxylic acids is 1. The predicted molar refractivity (Wildman–Crippen MR) is 164 cm³/mol. The van der Waals surface area contributed by atoms with E-state index >= 15 is 4.39 Å². The van der Waals surface area contributed by atoms with Crippen molar-refractivity contribution in [1.82, 2.24) is 4.90 Å². The minimum Gasteiger partial charge on any atom is -0.494 e. The summed E-state index contributed by atoms with van der Waals surface area (Å²) in [6, 6.07) is 5.06. The molecule has 1 aliphatic heterocycles. The van der Waals surface area contributed by atoms with Gasteiger partial charge in [-0.15, -0.1) is 0 Å². The molecule has 0 saturated heterocycles. The quantitative estimate of drug-likeness (QED) is 0.206. The van der Waals surface area contributed by atoms with Crippen LogP contribution in [0, 0.1) is 11.2 Å². The normalized spacial score (nSPS) is 13.0. The fraction of sp³-hybridized carbons (Fsp3) is 0.500. The smallest absolute Gasteiger partial charge is 0.490 e. The Morgan fingerprint density at radius 2 is 1.65 bits per heavy atom. The molecular formula is C30H39F4N3O8S. The summed E-state index contributed by atoms with van der Waals surface area (Å²) in [5.41, 5.74) is 1.90. The Morgan fingerprint density at radius 1 is 1.07 bits per heavy atom. The van der Waals surface area contributed by atoms with Crippen LogP contribution < -0.4 is 19.5 Å². The SMILES string of the molecule is CCOc1cc2c(c(F)c1OCC)C(=N)N(CC(=O)c1cc(NCCS(C)(=O)=O)c(OC)c(C(C)(C)C)c1)C2.O=C(O)C(F)(F)F. The number of hydrogen-bond donors (Lipinski definition) is 3. The fourth-order valence-corrected chi connectivity index (χ4v) is 4.97. The van der Waals surface area contributed by atoms with E-state index in [1.165, 1.54) is 12.0 Å². The maximum absolute atomic E-state index is 15.4. The van der Waals surface area contributed by atoms with Crippen molar-refractivity contribution < 1.29 is 54.9 Å². The van der Waals surface area contributed by atoms with Gasteiger partial charge in [0.05, 0.1) is 43.9 Å². The van der Waals surface area contributed by atoms with Crippen LogP contribution in [0.15, 0.2) is 18.2 Å². The zero-order valence-electron chi connectivity index (χ0n) is 26.6. The summed E-state index contributed by atoms with van der Waals surface area (Å²) in [5, 5.41) is 18.9. The minimum absolute atomic E-state index is 0.0363. The molecular weight excluding hydrogens is 638 g/mol. The lowest BCUT2D eigenvalue weighted by atomic mass is 9.84. The number of carboxylic acid groups (broad SMARTS) is 1. The van der Waals surface area contributed by atoms with Crippen molar-refractivity contribution >= 4 is 33.1 Å². The molecule has 1 heterocycles. The molecule has 3 rings (SSSR count). The Morgan fingerprint density at radius 3 is 2.13 bits per heavy atom. The number of methoxy groups -OCH3 is 1. The first-order valence-electron chi connectivity index (χ1n) is 14.1. The highest BCUT2D eigenvalue weighted by Crippen LogP contribution is 2.40. The van der Waals surface area contributed by atoms with E-state index < -0.39 is 27.8 Å². The highest BCUT2D eigenvalue weighted by molar-refractivity contribution is 7.90. The van der Waals surface area contributed by atoms with Crippen LogP contribution in [0.25, 0.3) is 0 Å². The van der Waals surface area contributed by atoms with Crippen molar-refractivity contribution in [2.75, 3.05) is 50.7 Å². The Bertz CT molecular complexity index is 1570. The second-order valence-corrected chi connectivity index (χ2v) is 13.5. The number of alkyl halides is 3. The summed E-state index contributed by atoms with van der Waals surface area (Å²) in [6.07, 6.45) is -3.92. The van der Waals surface area contributed by atoms with Crippen molar-refractivity contribution in [3.63, 3.8) is 0 Å². The predicted octanol–water partition coefficient (Wildman–Crippen LogP) is 5.04. The largest absolute Gasteiger partial charge is 0.494 e. The van der Waals surface area contributed by atoms with Crippen LogP contribution in [0.2, 0.25) is 0 Å². The van der Waals surface area contributed by atoms with E-state index in [-0.39, 0.29) is 66.1 Å². The van der Waals surface area contributed by atoms with Crippen molar-refractivity contribution in [2.45, 2.75) is 52.8 Å². The maximum atomic E-state index is 15.4. The number of carboxylic acids is 1. The fourth-order valence-electron chi connectivity index (χ4n) is 4.49. The van der Waals surface area contributed by atoms with Crippen LogP contribution in [-0.2, 0) is 26.6 Å². The monoisotopic (exact) mass is 677 g/mol. The van der Waals surface area contributed by atoms with Crippen LogP contribution >= 0.6 is 0 Å². The Hall–Kier alpha value is -4.08. The highest BCUT2D eigenvalue weighted by Gasteiger charge is 2.38. The lowest BCUT2D eigenvalue weighted by Crippen LogP contribution is -2.31. The van der Waals surface area contributed by atoms with Gasteiger partial charge in [0.25, 0.3) is 0 Å². The lowest BCUT2D eigenvalue weighted by molar-refractivity contribution is -0.192. The van der Waals surface area contributed by atoms with Gasteiger partial charge in [0, 0.05) is 30.5 Å². The summed E-state index contributed by atoms with van der Waals surface area (Å²) in [7, 11) is -1.67. The summed E-state index contributed by atoms with van der Waals surface area (Å²) < 4.78 is 87.1. The van der Waals surface area contributed by atoms with E-state index in [2.05, 4.69) is 5.32 Å². The number of ketones is 1. The molecule has 0 atom stereocenters. The number of benzene rings is 2. The zero-order valence-corrected chi connectivity index (χ0v) is 27.5. The summed E-state index contributed by atoms with van der Waals surface area (Å²) in [6.45, 7) is 10.2. The topological polar surface area (TPSA) is 155 Å². The first kappa shape index (κ1) is 38.1. The minimum atomic E-state index is -5.08. The number of halogens is 4. The van der Waals surface area contributed by atoms with Gasteiger partial charge < -0.3 is 29.5 Å². The van der Waals surface area contributed by atoms with E-state index in [1.807, 2.05) is 20.8 Å². The van der Waals surface area contributed by atoms with Crippen LogP contribution in [0.3, 0.4) is 0 Å². The van der Waals surface area contributed by atoms with Gasteiger partial charge in [0.1, 0.15) is 21.4 Å². The average Bonchev–Trinajstić information content (AvgIpc) is 3.23. The van der Waals surface area contributed by atoms with E-state index in [0.29, 0.717) is 29.2 Å². The standard InChI is InChI=1S/C28H38FN3O6S.C2HF3O2/c1-8-37-22-14-18-15-32(27(30)23(18)24(29)26(22)38-9-2)16-21(33)17-12-19(28(3,4)5)25(36-6)20(13-17)31-10-11-39(7,34)35;3-2(4,5)1(6)7/h12-14,30-31H,8-11,15-16H2,1-7H3;(H,6,7). The van der Waals surface area contributed by atoms with Crippen LogP contribution in [-0.4, -0.2) is 87.6 Å². The second-order valence-electron chi connectivity index (χ2n) is 11.3. The molecule has 16 heteroatoms. The Kier molecular flexibility index (Phi) is 12.4. The third kappa shape index (κ3) is 9.71. The van der Waals surface area contributed by atoms with Gasteiger partial charge in [0.15, 0.2) is 23.1 Å². The number of aliphatic carboxylic acids is 1. The number of rotatable bonds is 12. The number of carbonyl (C=O) groups is 2. The van der Waals surface area contributed by atoms with Gasteiger partial charge in [-0.2, -0.15) is 13.2 Å². The van der Waals surface area contributed by atoms with Crippen LogP contribution in [0.5, 0.6) is 17.2 Å². The number of anilines is 1. The molecule has 1 aliphatic rings. The number of amidine groups is 1. The van der Waals surface area contributed by atoms with Gasteiger partial charge in [-0.05, 0) is 43.0 Å². The van der Waals surface area contributed by atoms with E-state index in [1.54, 1.807) is 32.0 Å². The van der Waals surface area contributed by atoms with Gasteiger partial charge in [-0.1, -0.05) is 20.8 Å². The molecule has 0 aromatic heterocycles. The van der Waals surface area contributed by atoms with Gasteiger partial charge in [-0.3, -0.25) is 10.2 Å². The van der Waals surface area contributed by atoms with Gasteiger partial charge >= 0.3 is 12.1 Å². The van der Waals surface area contributed by atoms with E-state index in [0.717, 1.165) is 11.8 Å². The summed E-state index contributed by atoms with van der Waals surface area (Å²) >= 11 is 0. The van der Waals surface area contributed by atoms with Crippen molar-refractivity contribution in [3.05, 3.63) is 46.3 Å². The molecule has 0 bridgehead atoms. The Balaban J connectivity index is 0.000000942. The average molecular weight is 678 g/mol. The molecule has 11 nitrogen and oxygen atoms in total. The third-order valence-electron chi connectivity index (χ3n) is 6.56. The zero-order chi connectivity index (χ0) is 35.2. The summed E-state index contributed by atoms with van der Waals surface area (Å²) in [5.74, 6) is -3.12. The second kappa shape index (κ2) is 15.0. The molecule has 256 valence electrons. The lowest BCUT2D eigenvalue weighted by Gasteiger charge is -2.26. The van der Waals surface area contributed by atoms with Gasteiger partial charge in [-0.25, -0.2) is 17.6 Å². The van der Waals surface area contributed by atoms with E-state index in [4.69, 9.17) is 29.5 Å². The maximum Gasteiger partial charge on any atom is 0.490 e.